The number of pyridine rings is 1. The molecule has 0 atom stereocenters. The maximum absolute atomic E-state index is 9.61. The Labute approximate surface area is 105 Å². The number of hydrogen-bond donors (Lipinski definition) is 1. The fourth-order valence-electron chi connectivity index (χ4n) is 2.67. The average molecular weight is 248 g/mol. The molecule has 1 heterocycles. The molecule has 1 aliphatic carbocycles. The fraction of sp³-hybridized carbons (Fsp3) is 0.357. The van der Waals surface area contributed by atoms with Crippen molar-refractivity contribution >= 4 is 22.5 Å². The van der Waals surface area contributed by atoms with E-state index in [-0.39, 0.29) is 6.61 Å². The lowest BCUT2D eigenvalue weighted by atomic mass is 9.90. The van der Waals surface area contributed by atoms with Gasteiger partial charge in [0.1, 0.15) is 0 Å². The zero-order chi connectivity index (χ0) is 11.8. The Morgan fingerprint density at radius 2 is 2.06 bits per heavy atom. The molecule has 1 aromatic heterocycles. The number of fused-ring (bicyclic) bond motifs is 2. The lowest BCUT2D eigenvalue weighted by molar-refractivity contribution is 0.281. The topological polar surface area (TPSA) is 33.1 Å². The number of hydrogen-bond acceptors (Lipinski definition) is 2. The highest BCUT2D eigenvalue weighted by Crippen LogP contribution is 2.30. The first-order valence-electron chi connectivity index (χ1n) is 6.00. The van der Waals surface area contributed by atoms with Crippen LogP contribution >= 0.6 is 11.6 Å². The second-order valence-corrected chi connectivity index (χ2v) is 4.98. The molecule has 0 unspecified atom stereocenters. The van der Waals surface area contributed by atoms with Crippen molar-refractivity contribution in [2.24, 2.45) is 0 Å². The van der Waals surface area contributed by atoms with Crippen LogP contribution in [0.3, 0.4) is 0 Å². The van der Waals surface area contributed by atoms with Gasteiger partial charge in [0.05, 0.1) is 12.1 Å². The molecule has 3 heteroatoms. The van der Waals surface area contributed by atoms with Gasteiger partial charge in [0.25, 0.3) is 0 Å². The standard InChI is InChI=1S/C14H14ClNO/c15-9-5-6-14-11(7-9)12(8-17)10-3-1-2-4-13(10)16-14/h5-7,17H,1-4,8H2. The largest absolute Gasteiger partial charge is 0.392 e. The SMILES string of the molecule is OCc1c2c(nc3ccc(Cl)cc13)CCCC2. The van der Waals surface area contributed by atoms with E-state index in [0.29, 0.717) is 5.02 Å². The van der Waals surface area contributed by atoms with Gasteiger partial charge in [0.15, 0.2) is 0 Å². The molecule has 2 aromatic rings. The molecule has 17 heavy (non-hydrogen) atoms. The Hall–Kier alpha value is -1.12. The molecule has 88 valence electrons. The van der Waals surface area contributed by atoms with E-state index in [9.17, 15) is 5.11 Å². The van der Waals surface area contributed by atoms with Crippen LogP contribution < -0.4 is 0 Å². The fourth-order valence-corrected chi connectivity index (χ4v) is 2.85. The Morgan fingerprint density at radius 1 is 1.24 bits per heavy atom. The van der Waals surface area contributed by atoms with Crippen molar-refractivity contribution in [1.29, 1.82) is 0 Å². The van der Waals surface area contributed by atoms with Crippen LogP contribution in [0, 0.1) is 0 Å². The Balaban J connectivity index is 2.35. The Bertz CT molecular complexity index is 580. The molecule has 0 amide bonds. The number of benzene rings is 1. The van der Waals surface area contributed by atoms with Crippen molar-refractivity contribution < 1.29 is 5.11 Å². The van der Waals surface area contributed by atoms with E-state index in [4.69, 9.17) is 16.6 Å². The maximum Gasteiger partial charge on any atom is 0.0710 e. The van der Waals surface area contributed by atoms with Crippen molar-refractivity contribution in [3.05, 3.63) is 40.0 Å². The predicted octanol–water partition coefficient (Wildman–Crippen LogP) is 3.26. The molecule has 1 N–H and O–H groups in total. The van der Waals surface area contributed by atoms with E-state index in [1.807, 2.05) is 18.2 Å². The van der Waals surface area contributed by atoms with Crippen LogP contribution in [0.15, 0.2) is 18.2 Å². The summed E-state index contributed by atoms with van der Waals surface area (Å²) in [5.41, 5.74) is 4.37. The molecule has 0 saturated carbocycles. The lowest BCUT2D eigenvalue weighted by Crippen LogP contribution is -2.09. The summed E-state index contributed by atoms with van der Waals surface area (Å²) < 4.78 is 0. The van der Waals surface area contributed by atoms with Crippen LogP contribution in [-0.4, -0.2) is 10.1 Å². The van der Waals surface area contributed by atoms with Gasteiger partial charge in [-0.2, -0.15) is 0 Å². The van der Waals surface area contributed by atoms with Gasteiger partial charge in [-0.1, -0.05) is 11.6 Å². The van der Waals surface area contributed by atoms with E-state index in [2.05, 4.69) is 0 Å². The molecule has 1 aromatic carbocycles. The summed E-state index contributed by atoms with van der Waals surface area (Å²) >= 11 is 6.02. The van der Waals surface area contributed by atoms with Crippen LogP contribution in [-0.2, 0) is 19.4 Å². The number of rotatable bonds is 1. The second kappa shape index (κ2) is 4.28. The van der Waals surface area contributed by atoms with Crippen LogP contribution in [0.4, 0.5) is 0 Å². The molecular formula is C14H14ClNO. The molecule has 0 aliphatic heterocycles. The van der Waals surface area contributed by atoms with E-state index >= 15 is 0 Å². The van der Waals surface area contributed by atoms with Gasteiger partial charge in [-0.05, 0) is 55.0 Å². The normalized spacial score (nSPS) is 14.9. The highest BCUT2D eigenvalue weighted by molar-refractivity contribution is 6.31. The quantitative estimate of drug-likeness (QED) is 0.839. The second-order valence-electron chi connectivity index (χ2n) is 4.54. The summed E-state index contributed by atoms with van der Waals surface area (Å²) in [6.07, 6.45) is 4.44. The summed E-state index contributed by atoms with van der Waals surface area (Å²) in [6.45, 7) is 0.0711. The van der Waals surface area contributed by atoms with Crippen LogP contribution in [0.1, 0.15) is 29.7 Å². The van der Waals surface area contributed by atoms with Crippen molar-refractivity contribution in [3.8, 4) is 0 Å². The smallest absolute Gasteiger partial charge is 0.0710 e. The molecule has 2 nitrogen and oxygen atoms in total. The molecule has 1 aliphatic rings. The van der Waals surface area contributed by atoms with E-state index < -0.39 is 0 Å². The molecule has 0 radical (unpaired) electrons. The molecule has 0 spiro atoms. The maximum atomic E-state index is 9.61. The molecule has 0 saturated heterocycles. The monoisotopic (exact) mass is 247 g/mol. The minimum Gasteiger partial charge on any atom is -0.392 e. The molecule has 0 fully saturated rings. The summed E-state index contributed by atoms with van der Waals surface area (Å²) in [7, 11) is 0. The summed E-state index contributed by atoms with van der Waals surface area (Å²) in [6, 6.07) is 5.70. The third-order valence-electron chi connectivity index (χ3n) is 3.50. The third kappa shape index (κ3) is 1.81. The highest BCUT2D eigenvalue weighted by Gasteiger charge is 2.17. The minimum absolute atomic E-state index is 0.0711. The summed E-state index contributed by atoms with van der Waals surface area (Å²) in [5.74, 6) is 0. The van der Waals surface area contributed by atoms with Crippen molar-refractivity contribution in [3.63, 3.8) is 0 Å². The van der Waals surface area contributed by atoms with Crippen molar-refractivity contribution in [2.45, 2.75) is 32.3 Å². The molecular weight excluding hydrogens is 234 g/mol. The van der Waals surface area contributed by atoms with Gasteiger partial charge in [-0.25, -0.2) is 0 Å². The van der Waals surface area contributed by atoms with E-state index in [0.717, 1.165) is 35.0 Å². The van der Waals surface area contributed by atoms with Crippen LogP contribution in [0.2, 0.25) is 5.02 Å². The number of aliphatic hydroxyl groups excluding tert-OH is 1. The summed E-state index contributed by atoms with van der Waals surface area (Å²) in [4.78, 5) is 4.70. The summed E-state index contributed by atoms with van der Waals surface area (Å²) in [5, 5.41) is 11.3. The lowest BCUT2D eigenvalue weighted by Gasteiger charge is -2.19. The number of aryl methyl sites for hydroxylation is 1. The number of nitrogens with zero attached hydrogens (tertiary/aromatic N) is 1. The average Bonchev–Trinajstić information content (AvgIpc) is 2.36. The first-order chi connectivity index (χ1) is 8.29. The van der Waals surface area contributed by atoms with Gasteiger partial charge in [0, 0.05) is 16.1 Å². The van der Waals surface area contributed by atoms with Gasteiger partial charge < -0.3 is 5.11 Å². The number of halogens is 1. The Kier molecular flexibility index (Phi) is 2.77. The van der Waals surface area contributed by atoms with E-state index in [1.54, 1.807) is 0 Å². The van der Waals surface area contributed by atoms with Crippen LogP contribution in [0.25, 0.3) is 10.9 Å². The predicted molar refractivity (Wildman–Crippen MR) is 69.3 cm³/mol. The van der Waals surface area contributed by atoms with Crippen molar-refractivity contribution in [1.82, 2.24) is 4.98 Å². The first-order valence-corrected chi connectivity index (χ1v) is 6.38. The number of aliphatic hydroxyl groups is 1. The minimum atomic E-state index is 0.0711. The van der Waals surface area contributed by atoms with Gasteiger partial charge >= 0.3 is 0 Å². The zero-order valence-electron chi connectivity index (χ0n) is 9.54. The molecule has 0 bridgehead atoms. The van der Waals surface area contributed by atoms with Crippen LogP contribution in [0.5, 0.6) is 0 Å². The van der Waals surface area contributed by atoms with Crippen molar-refractivity contribution in [2.75, 3.05) is 0 Å². The molecule has 3 rings (SSSR count). The number of aromatic nitrogens is 1. The first kappa shape index (κ1) is 11.0. The van der Waals surface area contributed by atoms with Gasteiger partial charge in [-0.15, -0.1) is 0 Å². The van der Waals surface area contributed by atoms with Gasteiger partial charge in [-0.3, -0.25) is 4.98 Å². The zero-order valence-corrected chi connectivity index (χ0v) is 10.3. The highest BCUT2D eigenvalue weighted by atomic mass is 35.5. The van der Waals surface area contributed by atoms with Gasteiger partial charge in [0.2, 0.25) is 0 Å². The van der Waals surface area contributed by atoms with E-state index in [1.165, 1.54) is 18.4 Å². The third-order valence-corrected chi connectivity index (χ3v) is 3.74. The Morgan fingerprint density at radius 3 is 2.88 bits per heavy atom.